The number of aromatic nitrogens is 1. The lowest BCUT2D eigenvalue weighted by Crippen LogP contribution is -2.38. The first-order valence-corrected chi connectivity index (χ1v) is 6.92. The fourth-order valence-electron chi connectivity index (χ4n) is 1.85. The van der Waals surface area contributed by atoms with Crippen LogP contribution in [-0.2, 0) is 0 Å². The average molecular weight is 258 g/mol. The molecule has 1 aromatic heterocycles. The van der Waals surface area contributed by atoms with Crippen LogP contribution in [0.15, 0.2) is 12.1 Å². The smallest absolute Gasteiger partial charge is 0.153 e. The number of pyridine rings is 1. The van der Waals surface area contributed by atoms with Gasteiger partial charge in [0.15, 0.2) is 5.82 Å². The van der Waals surface area contributed by atoms with E-state index in [2.05, 4.69) is 16.8 Å². The average Bonchev–Trinajstić information content (AvgIpc) is 2.32. The number of hydrogen-bond donors (Lipinski definition) is 1. The Morgan fingerprint density at radius 2 is 2.44 bits per heavy atom. The molecule has 0 aromatic carbocycles. The maximum absolute atomic E-state index is 5.94. The first-order chi connectivity index (χ1) is 7.70. The highest BCUT2D eigenvalue weighted by molar-refractivity contribution is 8.00. The third kappa shape index (κ3) is 2.55. The number of hydrogen-bond acceptors (Lipinski definition) is 4. The molecule has 1 saturated heterocycles. The SMILES string of the molecule is CCC1CN(c2nc(Cl)ccc2N)CCS1. The maximum atomic E-state index is 5.94. The molecule has 0 amide bonds. The van der Waals surface area contributed by atoms with Crippen LogP contribution in [-0.4, -0.2) is 29.1 Å². The van der Waals surface area contributed by atoms with Crippen LogP contribution in [0.3, 0.4) is 0 Å². The largest absolute Gasteiger partial charge is 0.396 e. The van der Waals surface area contributed by atoms with E-state index in [1.165, 1.54) is 6.42 Å². The summed E-state index contributed by atoms with van der Waals surface area (Å²) < 4.78 is 0. The molecule has 0 saturated carbocycles. The van der Waals surface area contributed by atoms with Gasteiger partial charge in [0, 0.05) is 24.1 Å². The van der Waals surface area contributed by atoms with E-state index in [0.29, 0.717) is 16.1 Å². The van der Waals surface area contributed by atoms with Crippen molar-refractivity contribution in [3.05, 3.63) is 17.3 Å². The third-order valence-electron chi connectivity index (χ3n) is 2.76. The number of nitrogens with zero attached hydrogens (tertiary/aromatic N) is 2. The maximum Gasteiger partial charge on any atom is 0.153 e. The van der Waals surface area contributed by atoms with E-state index < -0.39 is 0 Å². The lowest BCUT2D eigenvalue weighted by Gasteiger charge is -2.33. The van der Waals surface area contributed by atoms with E-state index >= 15 is 0 Å². The van der Waals surface area contributed by atoms with Crippen molar-refractivity contribution in [2.45, 2.75) is 18.6 Å². The molecule has 1 aliphatic heterocycles. The summed E-state index contributed by atoms with van der Waals surface area (Å²) in [5, 5.41) is 1.18. The Bertz CT molecular complexity index is 372. The Kier molecular flexibility index (Phi) is 3.82. The molecule has 1 aliphatic rings. The topological polar surface area (TPSA) is 42.2 Å². The van der Waals surface area contributed by atoms with Crippen molar-refractivity contribution in [3.63, 3.8) is 0 Å². The molecular formula is C11H16ClN3S. The van der Waals surface area contributed by atoms with Crippen LogP contribution in [0.4, 0.5) is 11.5 Å². The lowest BCUT2D eigenvalue weighted by molar-refractivity contribution is 0.721. The molecule has 0 bridgehead atoms. The van der Waals surface area contributed by atoms with Gasteiger partial charge >= 0.3 is 0 Å². The van der Waals surface area contributed by atoms with Gasteiger partial charge in [0.25, 0.3) is 0 Å². The number of thioether (sulfide) groups is 1. The molecule has 0 spiro atoms. The number of rotatable bonds is 2. The summed E-state index contributed by atoms with van der Waals surface area (Å²) in [7, 11) is 0. The first kappa shape index (κ1) is 11.9. The van der Waals surface area contributed by atoms with Crippen molar-refractivity contribution in [1.29, 1.82) is 0 Å². The zero-order chi connectivity index (χ0) is 11.5. The standard InChI is InChI=1S/C11H16ClN3S/c1-2-8-7-15(5-6-16-8)11-9(13)3-4-10(12)14-11/h3-4,8H,2,5-7,13H2,1H3. The molecule has 88 valence electrons. The van der Waals surface area contributed by atoms with Crippen LogP contribution in [0.2, 0.25) is 5.15 Å². The lowest BCUT2D eigenvalue weighted by atomic mass is 10.2. The molecule has 0 radical (unpaired) electrons. The van der Waals surface area contributed by atoms with Gasteiger partial charge in [-0.15, -0.1) is 0 Å². The van der Waals surface area contributed by atoms with Crippen molar-refractivity contribution in [1.82, 2.24) is 4.98 Å². The van der Waals surface area contributed by atoms with Crippen molar-refractivity contribution in [2.75, 3.05) is 29.5 Å². The van der Waals surface area contributed by atoms with Gasteiger partial charge < -0.3 is 10.6 Å². The minimum absolute atomic E-state index is 0.510. The number of nitrogens with two attached hydrogens (primary N) is 1. The zero-order valence-corrected chi connectivity index (χ0v) is 10.9. The molecule has 2 N–H and O–H groups in total. The summed E-state index contributed by atoms with van der Waals surface area (Å²) in [5.74, 6) is 1.97. The molecule has 5 heteroatoms. The normalized spacial score (nSPS) is 21.1. The molecular weight excluding hydrogens is 242 g/mol. The van der Waals surface area contributed by atoms with Gasteiger partial charge in [-0.1, -0.05) is 18.5 Å². The molecule has 2 heterocycles. The van der Waals surface area contributed by atoms with Crippen LogP contribution in [0.1, 0.15) is 13.3 Å². The predicted octanol–water partition coefficient (Wildman–Crippen LogP) is 2.65. The molecule has 1 fully saturated rings. The van der Waals surface area contributed by atoms with Crippen LogP contribution >= 0.6 is 23.4 Å². The third-order valence-corrected chi connectivity index (χ3v) is 4.35. The predicted molar refractivity (Wildman–Crippen MR) is 72.4 cm³/mol. The van der Waals surface area contributed by atoms with E-state index in [1.807, 2.05) is 17.8 Å². The van der Waals surface area contributed by atoms with E-state index in [-0.39, 0.29) is 0 Å². The fourth-order valence-corrected chi connectivity index (χ4v) is 3.17. The van der Waals surface area contributed by atoms with Gasteiger partial charge in [0.2, 0.25) is 0 Å². The highest BCUT2D eigenvalue weighted by atomic mass is 35.5. The van der Waals surface area contributed by atoms with Crippen molar-refractivity contribution < 1.29 is 0 Å². The Balaban J connectivity index is 2.19. The van der Waals surface area contributed by atoms with Crippen LogP contribution in [0.25, 0.3) is 0 Å². The quantitative estimate of drug-likeness (QED) is 0.828. The van der Waals surface area contributed by atoms with Gasteiger partial charge in [-0.25, -0.2) is 4.98 Å². The van der Waals surface area contributed by atoms with Gasteiger partial charge in [-0.3, -0.25) is 0 Å². The molecule has 0 aliphatic carbocycles. The fraction of sp³-hybridized carbons (Fsp3) is 0.545. The van der Waals surface area contributed by atoms with Gasteiger partial charge in [-0.2, -0.15) is 11.8 Å². The minimum Gasteiger partial charge on any atom is -0.396 e. The van der Waals surface area contributed by atoms with Crippen LogP contribution in [0, 0.1) is 0 Å². The second-order valence-corrected chi connectivity index (χ2v) is 5.69. The Morgan fingerprint density at radius 1 is 1.62 bits per heavy atom. The summed E-state index contributed by atoms with van der Waals surface area (Å²) in [6, 6.07) is 3.56. The van der Waals surface area contributed by atoms with Gasteiger partial charge in [0.05, 0.1) is 5.69 Å². The highest BCUT2D eigenvalue weighted by Gasteiger charge is 2.21. The van der Waals surface area contributed by atoms with E-state index in [4.69, 9.17) is 17.3 Å². The van der Waals surface area contributed by atoms with Crippen LogP contribution in [0.5, 0.6) is 0 Å². The van der Waals surface area contributed by atoms with Crippen molar-refractivity contribution in [3.8, 4) is 0 Å². The molecule has 1 atom stereocenters. The zero-order valence-electron chi connectivity index (χ0n) is 9.32. The molecule has 16 heavy (non-hydrogen) atoms. The number of halogens is 1. The Morgan fingerprint density at radius 3 is 3.19 bits per heavy atom. The van der Waals surface area contributed by atoms with Crippen LogP contribution < -0.4 is 10.6 Å². The monoisotopic (exact) mass is 257 g/mol. The first-order valence-electron chi connectivity index (χ1n) is 5.49. The Labute approximate surface area is 105 Å². The van der Waals surface area contributed by atoms with E-state index in [1.54, 1.807) is 6.07 Å². The van der Waals surface area contributed by atoms with E-state index in [9.17, 15) is 0 Å². The van der Waals surface area contributed by atoms with E-state index in [0.717, 1.165) is 24.7 Å². The second kappa shape index (κ2) is 5.15. The Hall–Kier alpha value is -0.610. The minimum atomic E-state index is 0.510. The summed E-state index contributed by atoms with van der Waals surface area (Å²) in [6.45, 7) is 4.23. The number of anilines is 2. The highest BCUT2D eigenvalue weighted by Crippen LogP contribution is 2.28. The summed E-state index contributed by atoms with van der Waals surface area (Å²) in [5.41, 5.74) is 6.65. The summed E-state index contributed by atoms with van der Waals surface area (Å²) in [4.78, 5) is 6.56. The molecule has 3 nitrogen and oxygen atoms in total. The van der Waals surface area contributed by atoms with Gasteiger partial charge in [-0.05, 0) is 18.6 Å². The second-order valence-electron chi connectivity index (χ2n) is 3.89. The summed E-state index contributed by atoms with van der Waals surface area (Å²) >= 11 is 7.94. The molecule has 2 rings (SSSR count). The van der Waals surface area contributed by atoms with Gasteiger partial charge in [0.1, 0.15) is 5.15 Å². The molecule has 1 aromatic rings. The van der Waals surface area contributed by atoms with Crippen molar-refractivity contribution >= 4 is 34.9 Å². The molecule has 1 unspecified atom stereocenters. The summed E-state index contributed by atoms with van der Waals surface area (Å²) in [6.07, 6.45) is 1.18. The van der Waals surface area contributed by atoms with Crippen molar-refractivity contribution in [2.24, 2.45) is 0 Å². The number of nitrogen functional groups attached to an aromatic ring is 1.